The van der Waals surface area contributed by atoms with Crippen molar-refractivity contribution in [2.45, 2.75) is 32.1 Å². The monoisotopic (exact) mass is 291 g/mol. The molecule has 3 rings (SSSR count). The van der Waals surface area contributed by atoms with E-state index in [1.807, 2.05) is 0 Å². The van der Waals surface area contributed by atoms with Crippen molar-refractivity contribution in [1.29, 1.82) is 0 Å². The first-order valence-electron chi connectivity index (χ1n) is 8.25. The molecule has 1 heterocycles. The number of allylic oxidation sites excluding steroid dienone is 1. The Balaban J connectivity index is 1.65. The van der Waals surface area contributed by atoms with Crippen LogP contribution in [0.3, 0.4) is 0 Å². The highest BCUT2D eigenvalue weighted by atomic mass is 15.1. The molecule has 2 aromatic rings. The normalized spacial score (nSPS) is 15.8. The molecule has 0 N–H and O–H groups in total. The van der Waals surface area contributed by atoms with Crippen molar-refractivity contribution in [2.75, 3.05) is 18.0 Å². The molecular weight excluding hydrogens is 266 g/mol. The summed E-state index contributed by atoms with van der Waals surface area (Å²) >= 11 is 0. The molecule has 0 bridgehead atoms. The molecule has 1 fully saturated rings. The summed E-state index contributed by atoms with van der Waals surface area (Å²) < 4.78 is 0. The fourth-order valence-electron chi connectivity index (χ4n) is 3.41. The van der Waals surface area contributed by atoms with E-state index >= 15 is 0 Å². The van der Waals surface area contributed by atoms with Crippen LogP contribution >= 0.6 is 0 Å². The van der Waals surface area contributed by atoms with E-state index < -0.39 is 0 Å². The topological polar surface area (TPSA) is 3.24 Å². The fourth-order valence-corrected chi connectivity index (χ4v) is 3.41. The third-order valence-corrected chi connectivity index (χ3v) is 4.55. The van der Waals surface area contributed by atoms with Crippen LogP contribution in [-0.4, -0.2) is 13.1 Å². The molecule has 1 saturated heterocycles. The average Bonchev–Trinajstić information content (AvgIpc) is 2.55. The number of hydrogen-bond donors (Lipinski definition) is 0. The molecule has 0 atom stereocenters. The number of benzene rings is 2. The van der Waals surface area contributed by atoms with Gasteiger partial charge in [0.25, 0.3) is 0 Å². The molecule has 0 amide bonds. The van der Waals surface area contributed by atoms with Crippen molar-refractivity contribution in [3.63, 3.8) is 0 Å². The lowest BCUT2D eigenvalue weighted by Crippen LogP contribution is -2.32. The maximum absolute atomic E-state index is 4.02. The van der Waals surface area contributed by atoms with Gasteiger partial charge < -0.3 is 4.90 Å². The van der Waals surface area contributed by atoms with E-state index in [1.54, 1.807) is 0 Å². The summed E-state index contributed by atoms with van der Waals surface area (Å²) in [5.74, 6) is 0.719. The largest absolute Gasteiger partial charge is 0.371 e. The van der Waals surface area contributed by atoms with Crippen molar-refractivity contribution in [3.05, 3.63) is 77.9 Å². The van der Waals surface area contributed by atoms with Crippen LogP contribution in [0.15, 0.2) is 66.7 Å². The first-order valence-corrected chi connectivity index (χ1v) is 8.25. The molecule has 0 spiro atoms. The van der Waals surface area contributed by atoms with Crippen LogP contribution < -0.4 is 4.90 Å². The maximum atomic E-state index is 4.02. The van der Waals surface area contributed by atoms with E-state index in [-0.39, 0.29) is 0 Å². The summed E-state index contributed by atoms with van der Waals surface area (Å²) in [6.07, 6.45) is 3.47. The van der Waals surface area contributed by atoms with Gasteiger partial charge in [0, 0.05) is 18.8 Å². The maximum Gasteiger partial charge on any atom is 0.0369 e. The predicted molar refractivity (Wildman–Crippen MR) is 95.6 cm³/mol. The number of rotatable bonds is 4. The molecule has 0 radical (unpaired) electrons. The van der Waals surface area contributed by atoms with Crippen molar-refractivity contribution in [2.24, 2.45) is 0 Å². The van der Waals surface area contributed by atoms with Crippen LogP contribution in [0.1, 0.15) is 36.8 Å². The minimum Gasteiger partial charge on any atom is -0.371 e. The first kappa shape index (κ1) is 14.9. The molecule has 114 valence electrons. The molecular formula is C21H25N. The lowest BCUT2D eigenvalue weighted by molar-refractivity contribution is 0.505. The van der Waals surface area contributed by atoms with Crippen LogP contribution in [0.25, 0.3) is 0 Å². The Morgan fingerprint density at radius 1 is 1.05 bits per heavy atom. The number of nitrogens with zero attached hydrogens (tertiary/aromatic N) is 1. The van der Waals surface area contributed by atoms with Crippen molar-refractivity contribution >= 4 is 5.69 Å². The van der Waals surface area contributed by atoms with Gasteiger partial charge in [-0.2, -0.15) is 0 Å². The fraction of sp³-hybridized carbons (Fsp3) is 0.333. The van der Waals surface area contributed by atoms with E-state index in [1.165, 1.54) is 35.2 Å². The Labute approximate surface area is 134 Å². The van der Waals surface area contributed by atoms with Crippen molar-refractivity contribution in [1.82, 2.24) is 0 Å². The van der Waals surface area contributed by atoms with Gasteiger partial charge in [-0.25, -0.2) is 0 Å². The molecule has 1 heteroatoms. The lowest BCUT2D eigenvalue weighted by Gasteiger charge is -2.34. The van der Waals surface area contributed by atoms with E-state index in [0.29, 0.717) is 0 Å². The second-order valence-corrected chi connectivity index (χ2v) is 6.48. The lowest BCUT2D eigenvalue weighted by atomic mass is 9.89. The van der Waals surface area contributed by atoms with Gasteiger partial charge in [0.1, 0.15) is 0 Å². The van der Waals surface area contributed by atoms with Gasteiger partial charge in [-0.3, -0.25) is 0 Å². The smallest absolute Gasteiger partial charge is 0.0369 e. The number of hydrogen-bond acceptors (Lipinski definition) is 1. The zero-order valence-electron chi connectivity index (χ0n) is 13.5. The Hall–Kier alpha value is -2.02. The van der Waals surface area contributed by atoms with E-state index in [2.05, 4.69) is 73.0 Å². The molecule has 0 aliphatic carbocycles. The van der Waals surface area contributed by atoms with Gasteiger partial charge in [-0.05, 0) is 55.4 Å². The van der Waals surface area contributed by atoms with E-state index in [0.717, 1.165) is 25.4 Å². The van der Waals surface area contributed by atoms with Crippen LogP contribution in [0.2, 0.25) is 0 Å². The summed E-state index contributed by atoms with van der Waals surface area (Å²) in [6.45, 7) is 8.42. The Bertz CT molecular complexity index is 621. The zero-order chi connectivity index (χ0) is 15.4. The van der Waals surface area contributed by atoms with Gasteiger partial charge in [-0.15, -0.1) is 0 Å². The van der Waals surface area contributed by atoms with Crippen molar-refractivity contribution < 1.29 is 0 Å². The van der Waals surface area contributed by atoms with Gasteiger partial charge in [0.2, 0.25) is 0 Å². The summed E-state index contributed by atoms with van der Waals surface area (Å²) in [4.78, 5) is 2.53. The molecule has 0 saturated carbocycles. The van der Waals surface area contributed by atoms with Crippen LogP contribution in [0.4, 0.5) is 5.69 Å². The number of piperidine rings is 1. The highest BCUT2D eigenvalue weighted by molar-refractivity contribution is 5.49. The third-order valence-electron chi connectivity index (χ3n) is 4.55. The predicted octanol–water partition coefficient (Wildman–Crippen LogP) is 5.19. The standard InChI is InChI=1S/C21H25N/c1-17(2)15-18-7-6-10-21(16-18)22-13-11-20(12-14-22)19-8-4-3-5-9-19/h3-10,16,20H,1,11-15H2,2H3. The second-order valence-electron chi connectivity index (χ2n) is 6.48. The Morgan fingerprint density at radius 3 is 2.45 bits per heavy atom. The third kappa shape index (κ3) is 3.59. The van der Waals surface area contributed by atoms with Crippen LogP contribution in [0.5, 0.6) is 0 Å². The molecule has 2 aromatic carbocycles. The van der Waals surface area contributed by atoms with Gasteiger partial charge in [0.05, 0.1) is 0 Å². The molecule has 0 aromatic heterocycles. The SMILES string of the molecule is C=C(C)Cc1cccc(N2CCC(c3ccccc3)CC2)c1. The van der Waals surface area contributed by atoms with Gasteiger partial charge >= 0.3 is 0 Å². The quantitative estimate of drug-likeness (QED) is 0.701. The van der Waals surface area contributed by atoms with Crippen molar-refractivity contribution in [3.8, 4) is 0 Å². The minimum atomic E-state index is 0.719. The van der Waals surface area contributed by atoms with Gasteiger partial charge in [0.15, 0.2) is 0 Å². The summed E-state index contributed by atoms with van der Waals surface area (Å²) in [5.41, 5.74) is 5.46. The van der Waals surface area contributed by atoms with Gasteiger partial charge in [-0.1, -0.05) is 54.6 Å². The van der Waals surface area contributed by atoms with Crippen LogP contribution in [0, 0.1) is 0 Å². The Kier molecular flexibility index (Phi) is 4.62. The molecule has 0 unspecified atom stereocenters. The Morgan fingerprint density at radius 2 is 1.77 bits per heavy atom. The second kappa shape index (κ2) is 6.83. The zero-order valence-corrected chi connectivity index (χ0v) is 13.5. The molecule has 22 heavy (non-hydrogen) atoms. The summed E-state index contributed by atoms with van der Waals surface area (Å²) in [5, 5.41) is 0. The first-order chi connectivity index (χ1) is 10.7. The summed E-state index contributed by atoms with van der Waals surface area (Å²) in [7, 11) is 0. The average molecular weight is 291 g/mol. The highest BCUT2D eigenvalue weighted by Gasteiger charge is 2.20. The highest BCUT2D eigenvalue weighted by Crippen LogP contribution is 2.30. The molecule has 1 aliphatic heterocycles. The molecule has 1 aliphatic rings. The number of anilines is 1. The van der Waals surface area contributed by atoms with Crippen LogP contribution in [-0.2, 0) is 6.42 Å². The van der Waals surface area contributed by atoms with E-state index in [9.17, 15) is 0 Å². The molecule has 1 nitrogen and oxygen atoms in total. The minimum absolute atomic E-state index is 0.719. The summed E-state index contributed by atoms with van der Waals surface area (Å²) in [6, 6.07) is 19.9. The van der Waals surface area contributed by atoms with E-state index in [4.69, 9.17) is 0 Å².